The molecule has 0 saturated carbocycles. The Morgan fingerprint density at radius 3 is 2.38 bits per heavy atom. The van der Waals surface area contributed by atoms with E-state index in [1.165, 1.54) is 16.1 Å². The van der Waals surface area contributed by atoms with Crippen molar-refractivity contribution >= 4 is 45.0 Å². The molecule has 4 nitrogen and oxygen atoms in total. The molecule has 3 rings (SSSR count). The fourth-order valence-electron chi connectivity index (χ4n) is 2.78. The van der Waals surface area contributed by atoms with Gasteiger partial charge in [0, 0.05) is 29.9 Å². The number of hydrogen-bond acceptors (Lipinski definition) is 4. The number of sulfonamides is 1. The highest BCUT2D eigenvalue weighted by Gasteiger charge is 2.28. The maximum atomic E-state index is 12.7. The van der Waals surface area contributed by atoms with E-state index in [9.17, 15) is 8.42 Å². The molecule has 0 N–H and O–H groups in total. The van der Waals surface area contributed by atoms with Gasteiger partial charge >= 0.3 is 0 Å². The lowest BCUT2D eigenvalue weighted by Gasteiger charge is -2.29. The van der Waals surface area contributed by atoms with Crippen LogP contribution in [0.5, 0.6) is 0 Å². The van der Waals surface area contributed by atoms with E-state index < -0.39 is 10.0 Å². The van der Waals surface area contributed by atoms with Crippen molar-refractivity contribution in [2.75, 3.05) is 13.1 Å². The maximum Gasteiger partial charge on any atom is 0.260 e. The Bertz CT molecular complexity index is 845. The second-order valence-corrected chi connectivity index (χ2v) is 10.1. The van der Waals surface area contributed by atoms with Crippen LogP contribution in [0.25, 0.3) is 0 Å². The molecule has 26 heavy (non-hydrogen) atoms. The van der Waals surface area contributed by atoms with Gasteiger partial charge in [0.25, 0.3) is 10.0 Å². The van der Waals surface area contributed by atoms with E-state index in [1.54, 1.807) is 36.5 Å². The summed E-state index contributed by atoms with van der Waals surface area (Å²) in [7, 11) is -3.51. The Morgan fingerprint density at radius 2 is 1.81 bits per heavy atom. The number of hydrogen-bond donors (Lipinski definition) is 0. The van der Waals surface area contributed by atoms with Gasteiger partial charge in [-0.25, -0.2) is 13.4 Å². The van der Waals surface area contributed by atoms with Crippen LogP contribution in [0.2, 0.25) is 10.0 Å². The van der Waals surface area contributed by atoms with Crippen molar-refractivity contribution in [2.24, 2.45) is 5.92 Å². The van der Waals surface area contributed by atoms with Crippen LogP contribution in [0.15, 0.2) is 46.5 Å². The van der Waals surface area contributed by atoms with Gasteiger partial charge in [-0.3, -0.25) is 0 Å². The van der Waals surface area contributed by atoms with E-state index in [4.69, 9.17) is 23.2 Å². The number of thioether (sulfide) groups is 1. The first kappa shape index (κ1) is 20.0. The fraction of sp³-hybridized carbons (Fsp3) is 0.389. The minimum absolute atomic E-state index is 0.108. The van der Waals surface area contributed by atoms with Gasteiger partial charge in [0.1, 0.15) is 0 Å². The molecule has 8 heteroatoms. The van der Waals surface area contributed by atoms with Crippen LogP contribution >= 0.6 is 35.0 Å². The van der Waals surface area contributed by atoms with Crippen LogP contribution in [0, 0.1) is 5.92 Å². The highest BCUT2D eigenvalue weighted by atomic mass is 35.5. The minimum atomic E-state index is -3.51. The lowest BCUT2D eigenvalue weighted by molar-refractivity contribution is 0.287. The number of benzene rings is 1. The van der Waals surface area contributed by atoms with Crippen molar-refractivity contribution in [3.05, 3.63) is 52.1 Å². The van der Waals surface area contributed by atoms with E-state index in [-0.39, 0.29) is 5.03 Å². The second kappa shape index (κ2) is 8.48. The summed E-state index contributed by atoms with van der Waals surface area (Å²) in [6.45, 7) is 3.28. The highest BCUT2D eigenvalue weighted by molar-refractivity contribution is 7.98. The molecule has 1 aromatic heterocycles. The third-order valence-electron chi connectivity index (χ3n) is 4.45. The summed E-state index contributed by atoms with van der Waals surface area (Å²) in [5.74, 6) is 1.18. The number of halogens is 2. The Labute approximate surface area is 169 Å². The molecule has 1 fully saturated rings. The molecule has 0 amide bonds. The van der Waals surface area contributed by atoms with Crippen molar-refractivity contribution < 1.29 is 8.42 Å². The molecule has 0 bridgehead atoms. The lowest BCUT2D eigenvalue weighted by Crippen LogP contribution is -2.38. The molecule has 0 atom stereocenters. The summed E-state index contributed by atoms with van der Waals surface area (Å²) >= 11 is 13.8. The molecule has 2 heterocycles. The standard InChI is InChI=1S/C18H20Cl2N2O2S2/c1-13-7-9-22(10-8-13)26(23,24)17-6-5-14(11-21-17)12-25-18-15(19)3-2-4-16(18)20/h2-6,11,13H,7-10,12H2,1H3. The van der Waals surface area contributed by atoms with Crippen molar-refractivity contribution in [2.45, 2.75) is 35.4 Å². The zero-order valence-electron chi connectivity index (χ0n) is 14.4. The summed E-state index contributed by atoms with van der Waals surface area (Å²) < 4.78 is 26.9. The Morgan fingerprint density at radius 1 is 1.15 bits per heavy atom. The van der Waals surface area contributed by atoms with Crippen molar-refractivity contribution in [1.29, 1.82) is 0 Å². The van der Waals surface area contributed by atoms with Gasteiger partial charge in [-0.2, -0.15) is 4.31 Å². The predicted molar refractivity (Wildman–Crippen MR) is 107 cm³/mol. The maximum absolute atomic E-state index is 12.7. The molecule has 2 aromatic rings. The summed E-state index contributed by atoms with van der Waals surface area (Å²) in [6, 6.07) is 8.77. The molecule has 1 aromatic carbocycles. The van der Waals surface area contributed by atoms with E-state index in [2.05, 4.69) is 11.9 Å². The first-order chi connectivity index (χ1) is 12.4. The first-order valence-electron chi connectivity index (χ1n) is 8.40. The average Bonchev–Trinajstić information content (AvgIpc) is 2.62. The van der Waals surface area contributed by atoms with Gasteiger partial charge in [-0.1, -0.05) is 42.3 Å². The largest absolute Gasteiger partial charge is 0.260 e. The topological polar surface area (TPSA) is 50.3 Å². The highest BCUT2D eigenvalue weighted by Crippen LogP contribution is 2.35. The van der Waals surface area contributed by atoms with Crippen LogP contribution in [0.3, 0.4) is 0 Å². The normalized spacial score (nSPS) is 16.7. The molecule has 1 aliphatic rings. The number of pyridine rings is 1. The van der Waals surface area contributed by atoms with Gasteiger partial charge in [0.2, 0.25) is 0 Å². The van der Waals surface area contributed by atoms with E-state index >= 15 is 0 Å². The molecule has 140 valence electrons. The quantitative estimate of drug-likeness (QED) is 0.618. The number of piperidine rings is 1. The van der Waals surface area contributed by atoms with Gasteiger partial charge in [0.15, 0.2) is 5.03 Å². The van der Waals surface area contributed by atoms with Crippen molar-refractivity contribution in [1.82, 2.24) is 9.29 Å². The molecule has 0 unspecified atom stereocenters. The number of rotatable bonds is 5. The molecule has 0 radical (unpaired) electrons. The Hall–Kier alpha value is -0.790. The fourth-order valence-corrected chi connectivity index (χ4v) is 5.78. The smallest absolute Gasteiger partial charge is 0.243 e. The van der Waals surface area contributed by atoms with Gasteiger partial charge in [-0.05, 0) is 42.5 Å². The lowest BCUT2D eigenvalue weighted by atomic mass is 10.0. The van der Waals surface area contributed by atoms with Crippen LogP contribution in [-0.4, -0.2) is 30.8 Å². The predicted octanol–water partition coefficient (Wildman–Crippen LogP) is 5.10. The van der Waals surface area contributed by atoms with Crippen LogP contribution < -0.4 is 0 Å². The molecule has 0 aliphatic carbocycles. The van der Waals surface area contributed by atoms with Crippen LogP contribution in [-0.2, 0) is 15.8 Å². The van der Waals surface area contributed by atoms with E-state index in [0.29, 0.717) is 34.8 Å². The van der Waals surface area contributed by atoms with Crippen LogP contribution in [0.1, 0.15) is 25.3 Å². The van der Waals surface area contributed by atoms with Gasteiger partial charge in [-0.15, -0.1) is 11.8 Å². The monoisotopic (exact) mass is 430 g/mol. The minimum Gasteiger partial charge on any atom is -0.243 e. The molecule has 0 spiro atoms. The molecule has 1 aliphatic heterocycles. The average molecular weight is 431 g/mol. The Balaban J connectivity index is 1.68. The first-order valence-corrected chi connectivity index (χ1v) is 11.6. The SMILES string of the molecule is CC1CCN(S(=O)(=O)c2ccc(CSc3c(Cl)cccc3Cl)cn2)CC1. The molecule has 1 saturated heterocycles. The van der Waals surface area contributed by atoms with Crippen LogP contribution in [0.4, 0.5) is 0 Å². The summed E-state index contributed by atoms with van der Waals surface area (Å²) in [6.07, 6.45) is 3.40. The van der Waals surface area contributed by atoms with Gasteiger partial charge < -0.3 is 0 Å². The van der Waals surface area contributed by atoms with E-state index in [1.807, 2.05) is 0 Å². The molecular formula is C18H20Cl2N2O2S2. The third kappa shape index (κ3) is 4.54. The van der Waals surface area contributed by atoms with E-state index in [0.717, 1.165) is 23.3 Å². The number of nitrogens with zero attached hydrogens (tertiary/aromatic N) is 2. The summed E-state index contributed by atoms with van der Waals surface area (Å²) in [5.41, 5.74) is 0.914. The Kier molecular flexibility index (Phi) is 6.51. The van der Waals surface area contributed by atoms with Crippen molar-refractivity contribution in [3.63, 3.8) is 0 Å². The third-order valence-corrected chi connectivity index (χ3v) is 8.32. The zero-order chi connectivity index (χ0) is 18.7. The molecular weight excluding hydrogens is 411 g/mol. The second-order valence-electron chi connectivity index (χ2n) is 6.43. The number of aromatic nitrogens is 1. The summed E-state index contributed by atoms with van der Waals surface area (Å²) in [4.78, 5) is 5.01. The van der Waals surface area contributed by atoms with Gasteiger partial charge in [0.05, 0.1) is 10.0 Å². The zero-order valence-corrected chi connectivity index (χ0v) is 17.5. The van der Waals surface area contributed by atoms with Crippen molar-refractivity contribution in [3.8, 4) is 0 Å². The summed E-state index contributed by atoms with van der Waals surface area (Å²) in [5, 5.41) is 1.32.